The van der Waals surface area contributed by atoms with Gasteiger partial charge in [-0.3, -0.25) is 4.79 Å². The maximum atomic E-state index is 11.3. The third-order valence-corrected chi connectivity index (χ3v) is 2.25. The van der Waals surface area contributed by atoms with Gasteiger partial charge in [0, 0.05) is 20.2 Å². The third-order valence-electron chi connectivity index (χ3n) is 2.25. The van der Waals surface area contributed by atoms with Crippen LogP contribution in [-0.4, -0.2) is 38.8 Å². The minimum absolute atomic E-state index is 0.00625. The zero-order chi connectivity index (χ0) is 11.1. The number of hydrogen-bond donors (Lipinski definition) is 2. The third kappa shape index (κ3) is 4.58. The lowest BCUT2D eigenvalue weighted by Gasteiger charge is -2.24. The van der Waals surface area contributed by atoms with Crippen LogP contribution >= 0.6 is 0 Å². The Balaban J connectivity index is 4.08. The van der Waals surface area contributed by atoms with Crippen LogP contribution in [0.25, 0.3) is 0 Å². The molecule has 4 nitrogen and oxygen atoms in total. The average Bonchev–Trinajstić information content (AvgIpc) is 2.15. The SMILES string of the molecule is CNC(=O)C(C)NC(COC)C(C)C. The van der Waals surface area contributed by atoms with E-state index in [1.807, 2.05) is 6.92 Å². The summed E-state index contributed by atoms with van der Waals surface area (Å²) >= 11 is 0. The van der Waals surface area contributed by atoms with Gasteiger partial charge in [0.15, 0.2) is 0 Å². The van der Waals surface area contributed by atoms with E-state index in [-0.39, 0.29) is 18.0 Å². The van der Waals surface area contributed by atoms with Gasteiger partial charge in [-0.25, -0.2) is 0 Å². The zero-order valence-electron chi connectivity index (χ0n) is 9.76. The van der Waals surface area contributed by atoms with E-state index in [0.717, 1.165) is 0 Å². The summed E-state index contributed by atoms with van der Waals surface area (Å²) in [6.07, 6.45) is 0. The molecule has 0 saturated carbocycles. The van der Waals surface area contributed by atoms with Crippen LogP contribution in [0.4, 0.5) is 0 Å². The molecule has 0 fully saturated rings. The molecule has 14 heavy (non-hydrogen) atoms. The second kappa shape index (κ2) is 6.79. The van der Waals surface area contributed by atoms with E-state index in [9.17, 15) is 4.79 Å². The van der Waals surface area contributed by atoms with Crippen LogP contribution in [0.15, 0.2) is 0 Å². The first-order valence-corrected chi connectivity index (χ1v) is 4.99. The molecule has 1 amide bonds. The Morgan fingerprint density at radius 2 is 1.93 bits per heavy atom. The first kappa shape index (κ1) is 13.4. The van der Waals surface area contributed by atoms with E-state index >= 15 is 0 Å². The van der Waals surface area contributed by atoms with Gasteiger partial charge in [-0.05, 0) is 12.8 Å². The topological polar surface area (TPSA) is 50.4 Å². The summed E-state index contributed by atoms with van der Waals surface area (Å²) < 4.78 is 5.09. The molecular formula is C10H22N2O2. The number of methoxy groups -OCH3 is 1. The molecule has 0 aromatic heterocycles. The van der Waals surface area contributed by atoms with Gasteiger partial charge < -0.3 is 15.4 Å². The van der Waals surface area contributed by atoms with E-state index < -0.39 is 0 Å². The van der Waals surface area contributed by atoms with Crippen molar-refractivity contribution in [2.45, 2.75) is 32.9 Å². The highest BCUT2D eigenvalue weighted by molar-refractivity contribution is 5.80. The van der Waals surface area contributed by atoms with Crippen LogP contribution < -0.4 is 10.6 Å². The standard InChI is InChI=1S/C10H22N2O2/c1-7(2)9(6-14-5)12-8(3)10(13)11-4/h7-9,12H,6H2,1-5H3,(H,11,13). The molecule has 0 radical (unpaired) electrons. The molecule has 0 heterocycles. The fourth-order valence-electron chi connectivity index (χ4n) is 1.23. The van der Waals surface area contributed by atoms with Crippen LogP contribution in [0.2, 0.25) is 0 Å². The van der Waals surface area contributed by atoms with Gasteiger partial charge in [-0.2, -0.15) is 0 Å². The van der Waals surface area contributed by atoms with Gasteiger partial charge >= 0.3 is 0 Å². The molecule has 0 aliphatic heterocycles. The molecule has 2 atom stereocenters. The number of nitrogens with one attached hydrogen (secondary N) is 2. The Labute approximate surface area is 86.4 Å². The summed E-state index contributed by atoms with van der Waals surface area (Å²) in [5.41, 5.74) is 0. The van der Waals surface area contributed by atoms with Crippen molar-refractivity contribution < 1.29 is 9.53 Å². The minimum Gasteiger partial charge on any atom is -0.383 e. The Morgan fingerprint density at radius 1 is 1.36 bits per heavy atom. The summed E-state index contributed by atoms with van der Waals surface area (Å²) in [5.74, 6) is 0.453. The van der Waals surface area contributed by atoms with Gasteiger partial charge in [0.25, 0.3) is 0 Å². The second-order valence-electron chi connectivity index (χ2n) is 3.81. The van der Waals surface area contributed by atoms with E-state index in [1.165, 1.54) is 0 Å². The Kier molecular flexibility index (Phi) is 6.49. The molecule has 0 aliphatic carbocycles. The number of carbonyl (C=O) groups is 1. The smallest absolute Gasteiger partial charge is 0.236 e. The number of rotatable bonds is 6. The van der Waals surface area contributed by atoms with Crippen LogP contribution in [0.3, 0.4) is 0 Å². The summed E-state index contributed by atoms with van der Waals surface area (Å²) in [7, 11) is 3.31. The fourth-order valence-corrected chi connectivity index (χ4v) is 1.23. The average molecular weight is 202 g/mol. The molecular weight excluding hydrogens is 180 g/mol. The highest BCUT2D eigenvalue weighted by Gasteiger charge is 2.18. The first-order valence-electron chi connectivity index (χ1n) is 4.99. The normalized spacial score (nSPS) is 15.3. The Bertz CT molecular complexity index is 172. The lowest BCUT2D eigenvalue weighted by Crippen LogP contribution is -2.49. The monoisotopic (exact) mass is 202 g/mol. The Hall–Kier alpha value is -0.610. The molecule has 84 valence electrons. The van der Waals surface area contributed by atoms with Crippen molar-refractivity contribution in [2.24, 2.45) is 5.92 Å². The predicted octanol–water partition coefficient (Wildman–Crippen LogP) is 0.381. The predicted molar refractivity (Wildman–Crippen MR) is 57.2 cm³/mol. The summed E-state index contributed by atoms with van der Waals surface area (Å²) in [6, 6.07) is 0.0369. The molecule has 2 unspecified atom stereocenters. The van der Waals surface area contributed by atoms with Crippen LogP contribution in [0.1, 0.15) is 20.8 Å². The minimum atomic E-state index is -0.178. The number of amides is 1. The van der Waals surface area contributed by atoms with Crippen molar-refractivity contribution in [3.8, 4) is 0 Å². The molecule has 0 aromatic carbocycles. The fraction of sp³-hybridized carbons (Fsp3) is 0.900. The molecule has 0 aliphatic rings. The highest BCUT2D eigenvalue weighted by Crippen LogP contribution is 2.03. The van der Waals surface area contributed by atoms with E-state index in [1.54, 1.807) is 14.2 Å². The molecule has 0 spiro atoms. The summed E-state index contributed by atoms with van der Waals surface area (Å²) in [4.78, 5) is 11.3. The summed E-state index contributed by atoms with van der Waals surface area (Å²) in [5, 5.41) is 5.84. The maximum absolute atomic E-state index is 11.3. The van der Waals surface area contributed by atoms with Crippen LogP contribution in [0, 0.1) is 5.92 Å². The molecule has 0 aromatic rings. The molecule has 4 heteroatoms. The molecule has 0 bridgehead atoms. The van der Waals surface area contributed by atoms with E-state index in [4.69, 9.17) is 4.74 Å². The number of hydrogen-bond acceptors (Lipinski definition) is 3. The van der Waals surface area contributed by atoms with Crippen molar-refractivity contribution in [2.75, 3.05) is 20.8 Å². The number of carbonyl (C=O) groups excluding carboxylic acids is 1. The van der Waals surface area contributed by atoms with E-state index in [0.29, 0.717) is 12.5 Å². The molecule has 0 saturated heterocycles. The van der Waals surface area contributed by atoms with Crippen molar-refractivity contribution in [3.63, 3.8) is 0 Å². The van der Waals surface area contributed by atoms with Crippen molar-refractivity contribution in [1.29, 1.82) is 0 Å². The highest BCUT2D eigenvalue weighted by atomic mass is 16.5. The first-order chi connectivity index (χ1) is 6.52. The van der Waals surface area contributed by atoms with Crippen molar-refractivity contribution in [3.05, 3.63) is 0 Å². The van der Waals surface area contributed by atoms with Gasteiger partial charge in [-0.15, -0.1) is 0 Å². The lowest BCUT2D eigenvalue weighted by atomic mass is 10.0. The summed E-state index contributed by atoms with van der Waals surface area (Å²) in [6.45, 7) is 6.68. The number of likely N-dealkylation sites (N-methyl/N-ethyl adjacent to an activating group) is 1. The Morgan fingerprint density at radius 3 is 2.29 bits per heavy atom. The van der Waals surface area contributed by atoms with Crippen LogP contribution in [0.5, 0.6) is 0 Å². The van der Waals surface area contributed by atoms with E-state index in [2.05, 4.69) is 24.5 Å². The second-order valence-corrected chi connectivity index (χ2v) is 3.81. The van der Waals surface area contributed by atoms with Gasteiger partial charge in [0.2, 0.25) is 5.91 Å². The maximum Gasteiger partial charge on any atom is 0.236 e. The molecule has 2 N–H and O–H groups in total. The zero-order valence-corrected chi connectivity index (χ0v) is 9.76. The van der Waals surface area contributed by atoms with Gasteiger partial charge in [0.05, 0.1) is 12.6 Å². The van der Waals surface area contributed by atoms with Gasteiger partial charge in [-0.1, -0.05) is 13.8 Å². The van der Waals surface area contributed by atoms with Crippen molar-refractivity contribution in [1.82, 2.24) is 10.6 Å². The lowest BCUT2D eigenvalue weighted by molar-refractivity contribution is -0.122. The number of ether oxygens (including phenoxy) is 1. The quantitative estimate of drug-likeness (QED) is 0.655. The largest absolute Gasteiger partial charge is 0.383 e. The van der Waals surface area contributed by atoms with Crippen molar-refractivity contribution >= 4 is 5.91 Å². The van der Waals surface area contributed by atoms with Gasteiger partial charge in [0.1, 0.15) is 0 Å². The molecule has 0 rings (SSSR count). The van der Waals surface area contributed by atoms with Crippen LogP contribution in [-0.2, 0) is 9.53 Å².